The van der Waals surface area contributed by atoms with Crippen LogP contribution in [0.4, 0.5) is 11.4 Å². The van der Waals surface area contributed by atoms with Gasteiger partial charge in [-0.25, -0.2) is 4.58 Å². The van der Waals surface area contributed by atoms with E-state index in [0.29, 0.717) is 0 Å². The van der Waals surface area contributed by atoms with Crippen LogP contribution in [-0.4, -0.2) is 51.2 Å². The summed E-state index contributed by atoms with van der Waals surface area (Å²) in [4.78, 5) is 4.39. The molecule has 0 bridgehead atoms. The van der Waals surface area contributed by atoms with E-state index in [-0.39, 0.29) is 0 Å². The van der Waals surface area contributed by atoms with Gasteiger partial charge in [-0.05, 0) is 84.7 Å². The standard InChI is InChI=1S/C27H33N3/c1-7-28-24-15-9-21(10-16-24)27(22-11-17-25(18-12-22)29(3)4)23-13-19-26(20-14-23)30(5,6)8-2/h7,9-20H,8H2,1-6H3/q+2. The number of quaternary nitrogens is 1. The van der Waals surface area contributed by atoms with Gasteiger partial charge in [0.2, 0.25) is 0 Å². The minimum Gasteiger partial charge on any atom is -0.296 e. The Morgan fingerprint density at radius 1 is 0.867 bits per heavy atom. The van der Waals surface area contributed by atoms with E-state index in [1.807, 2.05) is 13.1 Å². The van der Waals surface area contributed by atoms with Crippen LogP contribution in [0.15, 0.2) is 83.4 Å². The summed E-state index contributed by atoms with van der Waals surface area (Å²) in [7, 11) is 8.62. The van der Waals surface area contributed by atoms with E-state index in [1.54, 1.807) is 0 Å². The maximum Gasteiger partial charge on any atom is 0.199 e. The molecule has 0 spiro atoms. The molecule has 0 saturated carbocycles. The topological polar surface area (TPSA) is 15.4 Å². The van der Waals surface area contributed by atoms with Crippen molar-refractivity contribution in [3.8, 4) is 0 Å². The number of benzene rings is 2. The fraction of sp³-hybridized carbons (Fsp3) is 0.259. The third-order valence-corrected chi connectivity index (χ3v) is 5.75. The summed E-state index contributed by atoms with van der Waals surface area (Å²) in [5.74, 6) is 0. The predicted octanol–water partition coefficient (Wildman–Crippen LogP) is 5.64. The van der Waals surface area contributed by atoms with Gasteiger partial charge in [-0.3, -0.25) is 9.48 Å². The second kappa shape index (κ2) is 9.19. The molecule has 0 aromatic heterocycles. The molecule has 3 heteroatoms. The van der Waals surface area contributed by atoms with Gasteiger partial charge in [0.05, 0.1) is 26.3 Å². The first-order valence-electron chi connectivity index (χ1n) is 10.5. The molecule has 154 valence electrons. The first kappa shape index (κ1) is 21.7. The molecular formula is C27H33N3+2. The minimum atomic E-state index is 0.872. The van der Waals surface area contributed by atoms with Crippen molar-refractivity contribution in [1.29, 1.82) is 0 Å². The molecule has 1 aliphatic rings. The average molecular weight is 400 g/mol. The summed E-state index contributed by atoms with van der Waals surface area (Å²) in [5.41, 5.74) is 8.35. The van der Waals surface area contributed by atoms with Crippen LogP contribution in [0.3, 0.4) is 0 Å². The van der Waals surface area contributed by atoms with Crippen molar-refractivity contribution in [1.82, 2.24) is 4.48 Å². The van der Waals surface area contributed by atoms with Gasteiger partial charge in [-0.1, -0.05) is 12.1 Å². The average Bonchev–Trinajstić information content (AvgIpc) is 2.76. The predicted molar refractivity (Wildman–Crippen MR) is 132 cm³/mol. The summed E-state index contributed by atoms with van der Waals surface area (Å²) in [6, 6.07) is 17.5. The zero-order chi connectivity index (χ0) is 21.7. The highest BCUT2D eigenvalue weighted by Crippen LogP contribution is 2.32. The Morgan fingerprint density at radius 2 is 1.40 bits per heavy atom. The Hall–Kier alpha value is -3.04. The lowest BCUT2D eigenvalue weighted by Gasteiger charge is -2.27. The Bertz CT molecular complexity index is 1020. The van der Waals surface area contributed by atoms with Gasteiger partial charge in [-0.15, -0.1) is 0 Å². The molecule has 0 unspecified atom stereocenters. The van der Waals surface area contributed by atoms with Crippen LogP contribution in [0.5, 0.6) is 0 Å². The van der Waals surface area contributed by atoms with E-state index in [0.717, 1.165) is 16.7 Å². The smallest absolute Gasteiger partial charge is 0.199 e. The van der Waals surface area contributed by atoms with Gasteiger partial charge in [-0.2, -0.15) is 0 Å². The highest BCUT2D eigenvalue weighted by molar-refractivity contribution is 6.04. The molecule has 0 fully saturated rings. The van der Waals surface area contributed by atoms with E-state index < -0.39 is 0 Å². The van der Waals surface area contributed by atoms with Gasteiger partial charge < -0.3 is 0 Å². The lowest BCUT2D eigenvalue weighted by Crippen LogP contribution is -2.39. The third-order valence-electron chi connectivity index (χ3n) is 5.75. The third kappa shape index (κ3) is 4.74. The lowest BCUT2D eigenvalue weighted by atomic mass is 9.90. The van der Waals surface area contributed by atoms with Gasteiger partial charge in [0.25, 0.3) is 0 Å². The molecule has 0 amide bonds. The first-order chi connectivity index (χ1) is 14.4. The molecule has 2 aromatic carbocycles. The van der Waals surface area contributed by atoms with Gasteiger partial charge in [0, 0.05) is 18.4 Å². The van der Waals surface area contributed by atoms with Crippen LogP contribution in [0.2, 0.25) is 0 Å². The SMILES string of the molecule is CC=Nc1ccc(C(=C2C=CC(=[N+](C)C)C=C2)c2ccc([N+](C)(C)CC)cc2)cc1. The van der Waals surface area contributed by atoms with Crippen molar-refractivity contribution >= 4 is 28.9 Å². The van der Waals surface area contributed by atoms with Crippen LogP contribution in [-0.2, 0) is 0 Å². The lowest BCUT2D eigenvalue weighted by molar-refractivity contribution is -0.462. The molecule has 30 heavy (non-hydrogen) atoms. The fourth-order valence-corrected chi connectivity index (χ4v) is 3.50. The molecule has 0 radical (unpaired) electrons. The molecule has 1 aliphatic carbocycles. The van der Waals surface area contributed by atoms with Crippen molar-refractivity contribution in [2.24, 2.45) is 4.99 Å². The van der Waals surface area contributed by atoms with Gasteiger partial charge in [0.15, 0.2) is 5.71 Å². The Labute approximate surface area is 181 Å². The van der Waals surface area contributed by atoms with Crippen LogP contribution in [0.25, 0.3) is 5.57 Å². The molecular weight excluding hydrogens is 366 g/mol. The summed E-state index contributed by atoms with van der Waals surface area (Å²) in [6.07, 6.45) is 10.6. The molecule has 2 aromatic rings. The molecule has 3 nitrogen and oxygen atoms in total. The second-order valence-corrected chi connectivity index (χ2v) is 8.30. The van der Waals surface area contributed by atoms with Crippen LogP contribution >= 0.6 is 0 Å². The van der Waals surface area contributed by atoms with Gasteiger partial charge >= 0.3 is 0 Å². The fourth-order valence-electron chi connectivity index (χ4n) is 3.50. The normalized spacial score (nSPS) is 13.9. The van der Waals surface area contributed by atoms with Crippen molar-refractivity contribution in [2.45, 2.75) is 13.8 Å². The number of aliphatic imine (C=N–C) groups is 1. The number of allylic oxidation sites excluding steroid dienone is 5. The molecule has 0 aliphatic heterocycles. The highest BCUT2D eigenvalue weighted by Gasteiger charge is 2.18. The molecule has 0 heterocycles. The van der Waals surface area contributed by atoms with Crippen LogP contribution in [0.1, 0.15) is 25.0 Å². The Morgan fingerprint density at radius 3 is 1.87 bits per heavy atom. The largest absolute Gasteiger partial charge is 0.296 e. The van der Waals surface area contributed by atoms with E-state index in [9.17, 15) is 0 Å². The Kier molecular flexibility index (Phi) is 6.63. The van der Waals surface area contributed by atoms with Crippen molar-refractivity contribution in [3.05, 3.63) is 89.5 Å². The van der Waals surface area contributed by atoms with Crippen LogP contribution < -0.4 is 4.48 Å². The number of hydrogen-bond acceptors (Lipinski definition) is 1. The zero-order valence-corrected chi connectivity index (χ0v) is 19.1. The first-order valence-corrected chi connectivity index (χ1v) is 10.5. The van der Waals surface area contributed by atoms with E-state index >= 15 is 0 Å². The molecule has 0 atom stereocenters. The molecule has 0 N–H and O–H groups in total. The quantitative estimate of drug-likeness (QED) is 0.351. The van der Waals surface area contributed by atoms with E-state index in [1.165, 1.54) is 33.7 Å². The number of hydrogen-bond donors (Lipinski definition) is 0. The van der Waals surface area contributed by atoms with Crippen molar-refractivity contribution in [3.63, 3.8) is 0 Å². The van der Waals surface area contributed by atoms with Gasteiger partial charge in [0.1, 0.15) is 19.8 Å². The van der Waals surface area contributed by atoms with Crippen molar-refractivity contribution in [2.75, 3.05) is 34.7 Å². The molecule has 0 saturated heterocycles. The second-order valence-electron chi connectivity index (χ2n) is 8.30. The minimum absolute atomic E-state index is 0.872. The summed E-state index contributed by atoms with van der Waals surface area (Å²) < 4.78 is 3.00. The summed E-state index contributed by atoms with van der Waals surface area (Å²) >= 11 is 0. The monoisotopic (exact) mass is 399 g/mol. The summed E-state index contributed by atoms with van der Waals surface area (Å²) in [5, 5.41) is 0. The highest BCUT2D eigenvalue weighted by atomic mass is 15.3. The summed E-state index contributed by atoms with van der Waals surface area (Å²) in [6.45, 7) is 5.22. The van der Waals surface area contributed by atoms with E-state index in [4.69, 9.17) is 0 Å². The maximum atomic E-state index is 4.39. The zero-order valence-electron chi connectivity index (χ0n) is 19.1. The van der Waals surface area contributed by atoms with E-state index in [2.05, 4.69) is 118 Å². The number of nitrogens with zero attached hydrogens (tertiary/aromatic N) is 3. The Balaban J connectivity index is 2.12. The molecule has 3 rings (SSSR count). The maximum absolute atomic E-state index is 4.39. The number of rotatable bonds is 5. The van der Waals surface area contributed by atoms with Crippen molar-refractivity contribution < 1.29 is 4.58 Å². The van der Waals surface area contributed by atoms with Crippen LogP contribution in [0, 0.1) is 0 Å².